The zero-order valence-electron chi connectivity index (χ0n) is 11.6. The van der Waals surface area contributed by atoms with Crippen LogP contribution in [0.3, 0.4) is 0 Å². The van der Waals surface area contributed by atoms with Gasteiger partial charge in [-0.05, 0) is 18.2 Å². The molecule has 8 heteroatoms. The van der Waals surface area contributed by atoms with Crippen LogP contribution in [0, 0.1) is 0 Å². The number of hydrogen-bond donors (Lipinski definition) is 2. The van der Waals surface area contributed by atoms with Crippen molar-refractivity contribution in [1.29, 1.82) is 0 Å². The molecule has 3 rings (SSSR count). The van der Waals surface area contributed by atoms with E-state index < -0.39 is 0 Å². The zero-order valence-corrected chi connectivity index (χ0v) is 13.2. The maximum absolute atomic E-state index is 5.40. The fraction of sp³-hybridized carbons (Fsp3) is 0.143. The van der Waals surface area contributed by atoms with Crippen molar-refractivity contribution < 1.29 is 9.25 Å². The molecule has 0 atom stereocenters. The number of nitrogens with one attached hydrogen (secondary N) is 1. The summed E-state index contributed by atoms with van der Waals surface area (Å²) in [6.45, 7) is 0.780. The largest absolute Gasteiger partial charge is 0.472 e. The van der Waals surface area contributed by atoms with Gasteiger partial charge in [0, 0.05) is 23.7 Å². The van der Waals surface area contributed by atoms with Crippen LogP contribution in [0.5, 0.6) is 0 Å². The van der Waals surface area contributed by atoms with Gasteiger partial charge in [-0.1, -0.05) is 5.16 Å². The molecule has 3 heterocycles. The minimum atomic E-state index is 0. The second-order valence-corrected chi connectivity index (χ2v) is 4.22. The molecule has 3 aromatic rings. The van der Waals surface area contributed by atoms with Crippen molar-refractivity contribution >= 4 is 41.4 Å². The first-order valence-corrected chi connectivity index (χ1v) is 6.24. The minimum absolute atomic E-state index is 0. The average Bonchev–Trinajstić information content (AvgIpc) is 3.12. The number of halogens is 2. The van der Waals surface area contributed by atoms with E-state index in [2.05, 4.69) is 15.1 Å². The van der Waals surface area contributed by atoms with Crippen LogP contribution in [0.4, 0.5) is 0 Å². The predicted molar refractivity (Wildman–Crippen MR) is 89.9 cm³/mol. The van der Waals surface area contributed by atoms with Crippen LogP contribution in [-0.2, 0) is 4.84 Å². The van der Waals surface area contributed by atoms with E-state index in [0.717, 1.165) is 22.2 Å². The topological polar surface area (TPSA) is 89.4 Å². The molecule has 0 fully saturated rings. The average molecular weight is 343 g/mol. The van der Waals surface area contributed by atoms with E-state index in [1.54, 1.807) is 24.9 Å². The first-order chi connectivity index (χ1) is 9.88. The number of nitrogens with two attached hydrogens (primary N) is 1. The Hall–Kier alpha value is -2.02. The Labute approximate surface area is 139 Å². The first-order valence-electron chi connectivity index (χ1n) is 6.24. The SMILES string of the molecule is Cl.Cl.NCCO/N=C(\c1ccoc1)c1cc2ccncc2[nH]1. The fourth-order valence-corrected chi connectivity index (χ4v) is 1.92. The molecular formula is C14H16Cl2N4O2. The van der Waals surface area contributed by atoms with Crippen molar-refractivity contribution in [3.63, 3.8) is 0 Å². The van der Waals surface area contributed by atoms with Crippen LogP contribution < -0.4 is 5.73 Å². The maximum Gasteiger partial charge on any atom is 0.136 e. The first kappa shape index (κ1) is 18.0. The zero-order chi connectivity index (χ0) is 13.8. The quantitative estimate of drug-likeness (QED) is 0.423. The van der Waals surface area contributed by atoms with E-state index in [4.69, 9.17) is 15.0 Å². The Balaban J connectivity index is 0.00000121. The molecule has 0 radical (unpaired) electrons. The van der Waals surface area contributed by atoms with Gasteiger partial charge < -0.3 is 20.0 Å². The van der Waals surface area contributed by atoms with Gasteiger partial charge in [0.15, 0.2) is 0 Å². The third-order valence-electron chi connectivity index (χ3n) is 2.84. The number of oxime groups is 1. The minimum Gasteiger partial charge on any atom is -0.472 e. The van der Waals surface area contributed by atoms with Crippen molar-refractivity contribution in [2.75, 3.05) is 13.2 Å². The summed E-state index contributed by atoms with van der Waals surface area (Å²) in [6, 6.07) is 5.76. The van der Waals surface area contributed by atoms with Gasteiger partial charge >= 0.3 is 0 Å². The van der Waals surface area contributed by atoms with Crippen LogP contribution in [0.15, 0.2) is 52.7 Å². The van der Waals surface area contributed by atoms with E-state index in [9.17, 15) is 0 Å². The monoisotopic (exact) mass is 342 g/mol. The molecule has 118 valence electrons. The lowest BCUT2D eigenvalue weighted by atomic mass is 10.1. The van der Waals surface area contributed by atoms with Gasteiger partial charge in [0.1, 0.15) is 12.3 Å². The third kappa shape index (κ3) is 3.79. The summed E-state index contributed by atoms with van der Waals surface area (Å²) in [5.41, 5.74) is 8.69. The number of furan rings is 1. The van der Waals surface area contributed by atoms with Crippen LogP contribution in [0.1, 0.15) is 11.3 Å². The smallest absolute Gasteiger partial charge is 0.136 e. The Morgan fingerprint density at radius 1 is 1.36 bits per heavy atom. The van der Waals surface area contributed by atoms with Crippen LogP contribution in [0.2, 0.25) is 0 Å². The highest BCUT2D eigenvalue weighted by Gasteiger charge is 2.12. The number of rotatable bonds is 5. The summed E-state index contributed by atoms with van der Waals surface area (Å²) < 4.78 is 5.11. The van der Waals surface area contributed by atoms with E-state index >= 15 is 0 Å². The number of fused-ring (bicyclic) bond motifs is 1. The van der Waals surface area contributed by atoms with Crippen LogP contribution >= 0.6 is 24.8 Å². The van der Waals surface area contributed by atoms with Gasteiger partial charge in [-0.25, -0.2) is 0 Å². The number of pyridine rings is 1. The molecule has 3 aromatic heterocycles. The van der Waals surface area contributed by atoms with Gasteiger partial charge in [-0.2, -0.15) is 0 Å². The summed E-state index contributed by atoms with van der Waals surface area (Å²) in [5.74, 6) is 0. The highest BCUT2D eigenvalue weighted by molar-refractivity contribution is 6.13. The lowest BCUT2D eigenvalue weighted by molar-refractivity contribution is 0.152. The van der Waals surface area contributed by atoms with Gasteiger partial charge in [0.2, 0.25) is 0 Å². The summed E-state index contributed by atoms with van der Waals surface area (Å²) in [4.78, 5) is 12.6. The Morgan fingerprint density at radius 2 is 2.23 bits per heavy atom. The van der Waals surface area contributed by atoms with E-state index in [-0.39, 0.29) is 24.8 Å². The van der Waals surface area contributed by atoms with Crippen molar-refractivity contribution in [1.82, 2.24) is 9.97 Å². The molecule has 22 heavy (non-hydrogen) atoms. The summed E-state index contributed by atoms with van der Waals surface area (Å²) in [7, 11) is 0. The number of H-pyrrole nitrogens is 1. The highest BCUT2D eigenvalue weighted by Crippen LogP contribution is 2.17. The number of hydrogen-bond acceptors (Lipinski definition) is 5. The number of aromatic amines is 1. The number of aromatic nitrogens is 2. The predicted octanol–water partition coefficient (Wildman–Crippen LogP) is 2.73. The normalized spacial score (nSPS) is 10.9. The van der Waals surface area contributed by atoms with Crippen molar-refractivity contribution in [2.45, 2.75) is 0 Å². The van der Waals surface area contributed by atoms with Gasteiger partial charge in [0.05, 0.1) is 29.9 Å². The van der Waals surface area contributed by atoms with Gasteiger partial charge in [-0.3, -0.25) is 4.98 Å². The molecule has 0 unspecified atom stereocenters. The molecule has 0 saturated heterocycles. The molecule has 0 spiro atoms. The second-order valence-electron chi connectivity index (χ2n) is 4.22. The molecule has 0 aliphatic heterocycles. The molecule has 0 aliphatic carbocycles. The van der Waals surface area contributed by atoms with E-state index in [0.29, 0.717) is 18.9 Å². The summed E-state index contributed by atoms with van der Waals surface area (Å²) >= 11 is 0. The highest BCUT2D eigenvalue weighted by atomic mass is 35.5. The lowest BCUT2D eigenvalue weighted by Crippen LogP contribution is -2.09. The Morgan fingerprint density at radius 3 is 2.91 bits per heavy atom. The Kier molecular flexibility index (Phi) is 6.91. The lowest BCUT2D eigenvalue weighted by Gasteiger charge is -2.02. The van der Waals surface area contributed by atoms with E-state index in [1.165, 1.54) is 0 Å². The molecule has 0 aromatic carbocycles. The summed E-state index contributed by atoms with van der Waals surface area (Å²) in [6.07, 6.45) is 6.73. The van der Waals surface area contributed by atoms with Crippen molar-refractivity contribution in [2.24, 2.45) is 10.9 Å². The maximum atomic E-state index is 5.40. The molecule has 6 nitrogen and oxygen atoms in total. The third-order valence-corrected chi connectivity index (χ3v) is 2.84. The van der Waals surface area contributed by atoms with Crippen LogP contribution in [-0.4, -0.2) is 28.8 Å². The molecule has 0 aliphatic rings. The molecular weight excluding hydrogens is 327 g/mol. The number of nitrogens with zero attached hydrogens (tertiary/aromatic N) is 2. The van der Waals surface area contributed by atoms with E-state index in [1.807, 2.05) is 18.2 Å². The van der Waals surface area contributed by atoms with Crippen molar-refractivity contribution in [3.8, 4) is 0 Å². The fourth-order valence-electron chi connectivity index (χ4n) is 1.92. The molecule has 0 amide bonds. The molecule has 3 N–H and O–H groups in total. The van der Waals surface area contributed by atoms with Crippen molar-refractivity contribution in [3.05, 3.63) is 54.4 Å². The van der Waals surface area contributed by atoms with Gasteiger partial charge in [-0.15, -0.1) is 24.8 Å². The van der Waals surface area contributed by atoms with Gasteiger partial charge in [0.25, 0.3) is 0 Å². The second kappa shape index (κ2) is 8.43. The summed E-state index contributed by atoms with van der Waals surface area (Å²) in [5, 5.41) is 5.21. The standard InChI is InChI=1S/C14H14N4O2.2ClH/c15-3-6-20-18-14(11-2-5-19-9-11)12-7-10-1-4-16-8-13(10)17-12;;/h1-2,4-5,7-9,17H,3,6,15H2;2*1H/b18-14+;;. The Bertz CT molecular complexity index is 692. The van der Waals surface area contributed by atoms with Crippen LogP contribution in [0.25, 0.3) is 10.9 Å². The molecule has 0 bridgehead atoms. The molecule has 0 saturated carbocycles.